The van der Waals surface area contributed by atoms with Crippen LogP contribution in [0.2, 0.25) is 5.02 Å². The van der Waals surface area contributed by atoms with Crippen LogP contribution in [-0.4, -0.2) is 9.97 Å². The maximum absolute atomic E-state index is 11.5. The number of aromatic amines is 2. The summed E-state index contributed by atoms with van der Waals surface area (Å²) in [5.74, 6) is 0. The fourth-order valence-corrected chi connectivity index (χ4v) is 1.47. The second-order valence-electron chi connectivity index (χ2n) is 3.50. The van der Waals surface area contributed by atoms with Gasteiger partial charge in [-0.1, -0.05) is 30.3 Å². The minimum atomic E-state index is -0.412. The molecule has 1 heterocycles. The quantitative estimate of drug-likeness (QED) is 0.744. The summed E-state index contributed by atoms with van der Waals surface area (Å²) in [5.41, 5.74) is -0.0262. The van der Waals surface area contributed by atoms with Crippen LogP contribution in [0.25, 0.3) is 12.7 Å². The van der Waals surface area contributed by atoms with Crippen molar-refractivity contribution in [3.05, 3.63) is 66.3 Å². The average molecular weight is 249 g/mol. The molecule has 0 unspecified atom stereocenters. The van der Waals surface area contributed by atoms with Gasteiger partial charge >= 0.3 is 0 Å². The highest BCUT2D eigenvalue weighted by Gasteiger charge is 1.94. The number of halogens is 1. The Hall–Kier alpha value is -2.07. The monoisotopic (exact) mass is 248 g/mol. The molecule has 0 saturated heterocycles. The zero-order valence-electron chi connectivity index (χ0n) is 8.79. The van der Waals surface area contributed by atoms with Crippen LogP contribution in [0.3, 0.4) is 0 Å². The van der Waals surface area contributed by atoms with E-state index in [2.05, 4.69) is 16.5 Å². The van der Waals surface area contributed by atoms with Crippen molar-refractivity contribution in [2.75, 3.05) is 0 Å². The number of rotatable bonds is 1. The van der Waals surface area contributed by atoms with Gasteiger partial charge in [0.05, 0.1) is 5.35 Å². The van der Waals surface area contributed by atoms with Crippen molar-refractivity contribution in [1.82, 2.24) is 9.97 Å². The maximum atomic E-state index is 11.5. The molecule has 2 aromatic rings. The number of benzene rings is 1. The molecule has 2 rings (SSSR count). The van der Waals surface area contributed by atoms with E-state index in [1.54, 1.807) is 30.3 Å². The number of H-pyrrole nitrogens is 2. The van der Waals surface area contributed by atoms with Crippen molar-refractivity contribution in [2.45, 2.75) is 0 Å². The van der Waals surface area contributed by atoms with E-state index in [0.717, 1.165) is 5.56 Å². The molecule has 0 radical (unpaired) electrons. The van der Waals surface area contributed by atoms with Gasteiger partial charge in [0.1, 0.15) is 5.35 Å². The van der Waals surface area contributed by atoms with E-state index in [0.29, 0.717) is 5.02 Å². The largest absolute Gasteiger partial charge is 0.317 e. The molecule has 5 heteroatoms. The number of hydrogen-bond acceptors (Lipinski definition) is 2. The van der Waals surface area contributed by atoms with Crippen LogP contribution < -0.4 is 21.8 Å². The van der Waals surface area contributed by atoms with Crippen molar-refractivity contribution >= 4 is 24.3 Å². The van der Waals surface area contributed by atoms with E-state index in [1.165, 1.54) is 0 Å². The van der Waals surface area contributed by atoms with Crippen molar-refractivity contribution in [1.29, 1.82) is 0 Å². The van der Waals surface area contributed by atoms with Gasteiger partial charge in [-0.25, -0.2) is 0 Å². The molecule has 4 nitrogen and oxygen atoms in total. The van der Waals surface area contributed by atoms with E-state index in [4.69, 9.17) is 11.6 Å². The molecule has 0 fully saturated rings. The molecule has 2 N–H and O–H groups in total. The highest BCUT2D eigenvalue weighted by atomic mass is 35.5. The minimum Gasteiger partial charge on any atom is -0.317 e. The van der Waals surface area contributed by atoms with E-state index < -0.39 is 5.56 Å². The van der Waals surface area contributed by atoms with Crippen LogP contribution in [0, 0.1) is 0 Å². The van der Waals surface area contributed by atoms with Gasteiger partial charge in [-0.2, -0.15) is 0 Å². The molecular weight excluding hydrogens is 240 g/mol. The van der Waals surface area contributed by atoms with Gasteiger partial charge in [0.2, 0.25) is 0 Å². The van der Waals surface area contributed by atoms with Crippen molar-refractivity contribution in [3.63, 3.8) is 0 Å². The Morgan fingerprint density at radius 3 is 2.35 bits per heavy atom. The molecule has 17 heavy (non-hydrogen) atoms. The zero-order valence-corrected chi connectivity index (χ0v) is 9.54. The fraction of sp³-hybridized carbons (Fsp3) is 0. The number of nitrogens with one attached hydrogen (secondary N) is 2. The van der Waals surface area contributed by atoms with E-state index in [9.17, 15) is 9.59 Å². The average Bonchev–Trinajstić information content (AvgIpc) is 2.29. The molecule has 1 aromatic carbocycles. The fourth-order valence-electron chi connectivity index (χ4n) is 1.34. The zero-order chi connectivity index (χ0) is 12.4. The lowest BCUT2D eigenvalue weighted by Crippen LogP contribution is -2.46. The summed E-state index contributed by atoms with van der Waals surface area (Å²) in [6.45, 7) is 3.41. The highest BCUT2D eigenvalue weighted by molar-refractivity contribution is 6.30. The lowest BCUT2D eigenvalue weighted by molar-refractivity contribution is 1.01. The summed E-state index contributed by atoms with van der Waals surface area (Å²) in [5, 5.41) is 0.839. The second-order valence-corrected chi connectivity index (χ2v) is 3.93. The molecule has 0 bridgehead atoms. The van der Waals surface area contributed by atoms with Crippen LogP contribution in [0.15, 0.2) is 33.9 Å². The predicted octanol–water partition coefficient (Wildman–Crippen LogP) is -0.0443. The summed E-state index contributed by atoms with van der Waals surface area (Å²) in [4.78, 5) is 27.7. The van der Waals surface area contributed by atoms with Gasteiger partial charge < -0.3 is 9.97 Å². The molecule has 0 aliphatic heterocycles. The van der Waals surface area contributed by atoms with Crippen LogP contribution in [-0.2, 0) is 0 Å². The smallest absolute Gasteiger partial charge is 0.272 e. The first-order valence-electron chi connectivity index (χ1n) is 4.85. The predicted molar refractivity (Wildman–Crippen MR) is 67.5 cm³/mol. The van der Waals surface area contributed by atoms with Crippen LogP contribution >= 0.6 is 11.6 Å². The topological polar surface area (TPSA) is 65.7 Å². The number of aromatic nitrogens is 2. The Labute approximate surface area is 101 Å². The molecule has 0 aliphatic rings. The van der Waals surface area contributed by atoms with Gasteiger partial charge in [0.15, 0.2) is 0 Å². The van der Waals surface area contributed by atoms with Crippen molar-refractivity contribution in [2.24, 2.45) is 0 Å². The molecule has 0 amide bonds. The second kappa shape index (κ2) is 4.43. The summed E-state index contributed by atoms with van der Waals surface area (Å²) >= 11 is 5.74. The maximum Gasteiger partial charge on any atom is 0.272 e. The Morgan fingerprint density at radius 1 is 1.06 bits per heavy atom. The third-order valence-corrected chi connectivity index (χ3v) is 2.46. The Balaban J connectivity index is 2.65. The van der Waals surface area contributed by atoms with Gasteiger partial charge in [0, 0.05) is 5.02 Å². The Bertz CT molecular complexity index is 757. The minimum absolute atomic E-state index is 0.0447. The molecule has 0 aliphatic carbocycles. The SMILES string of the molecule is C=c1[nH]c(=O)c(=Cc2ccc(Cl)cc2)[nH]c1=O. The molecule has 0 spiro atoms. The van der Waals surface area contributed by atoms with Gasteiger partial charge in [-0.15, -0.1) is 0 Å². The normalized spacial score (nSPS) is 11.7. The summed E-state index contributed by atoms with van der Waals surface area (Å²) < 4.78 is 0. The van der Waals surface area contributed by atoms with Gasteiger partial charge in [0.25, 0.3) is 11.1 Å². The molecule has 0 saturated carbocycles. The summed E-state index contributed by atoms with van der Waals surface area (Å²) in [6, 6.07) is 6.90. The lowest BCUT2D eigenvalue weighted by atomic mass is 10.2. The molecule has 86 valence electrons. The van der Waals surface area contributed by atoms with Crippen LogP contribution in [0.1, 0.15) is 5.56 Å². The van der Waals surface area contributed by atoms with E-state index >= 15 is 0 Å². The Morgan fingerprint density at radius 2 is 1.71 bits per heavy atom. The van der Waals surface area contributed by atoms with E-state index in [1.807, 2.05) is 0 Å². The first-order valence-corrected chi connectivity index (χ1v) is 5.23. The van der Waals surface area contributed by atoms with E-state index in [-0.39, 0.29) is 16.3 Å². The highest BCUT2D eigenvalue weighted by Crippen LogP contribution is 2.09. The van der Waals surface area contributed by atoms with Gasteiger partial charge in [-0.05, 0) is 23.8 Å². The van der Waals surface area contributed by atoms with Crippen molar-refractivity contribution in [3.8, 4) is 0 Å². The molecular formula is C12H9ClN2O2. The standard InChI is InChI=1S/C12H9ClN2O2/c1-7-11(16)15-10(12(17)14-7)6-8-2-4-9(13)5-3-8/h2-6H,1H2,(H,14,17)(H,15,16). The van der Waals surface area contributed by atoms with Crippen LogP contribution in [0.4, 0.5) is 0 Å². The van der Waals surface area contributed by atoms with Gasteiger partial charge in [-0.3, -0.25) is 9.59 Å². The summed E-state index contributed by atoms with van der Waals surface area (Å²) in [6.07, 6.45) is 1.57. The lowest BCUT2D eigenvalue weighted by Gasteiger charge is -1.93. The summed E-state index contributed by atoms with van der Waals surface area (Å²) in [7, 11) is 0. The molecule has 0 atom stereocenters. The third kappa shape index (κ3) is 2.54. The molecule has 1 aromatic heterocycles. The number of hydrogen-bond donors (Lipinski definition) is 2. The first-order chi connectivity index (χ1) is 8.06. The first kappa shape index (κ1) is 11.4. The van der Waals surface area contributed by atoms with Crippen LogP contribution in [0.5, 0.6) is 0 Å². The Kier molecular flexibility index (Phi) is 2.97. The van der Waals surface area contributed by atoms with Crippen molar-refractivity contribution < 1.29 is 0 Å². The third-order valence-electron chi connectivity index (χ3n) is 2.21.